The summed E-state index contributed by atoms with van der Waals surface area (Å²) in [5, 5.41) is 24.6. The SMILES string of the molecule is Cc1cccc(CN/C(=C\N)C[C@H](NC(CC(C)C)C(=O)O)C(=O)O)c1. The topological polar surface area (TPSA) is 125 Å². The van der Waals surface area contributed by atoms with Gasteiger partial charge in [0.15, 0.2) is 0 Å². The van der Waals surface area contributed by atoms with E-state index in [9.17, 15) is 19.8 Å². The Morgan fingerprint density at radius 3 is 2.35 bits per heavy atom. The number of carboxylic acid groups (broad SMARTS) is 2. The van der Waals surface area contributed by atoms with E-state index < -0.39 is 24.0 Å². The quantitative estimate of drug-likeness (QED) is 0.406. The molecule has 26 heavy (non-hydrogen) atoms. The molecule has 144 valence electrons. The maximum atomic E-state index is 11.6. The molecular weight excluding hydrogens is 334 g/mol. The largest absolute Gasteiger partial charge is 0.480 e. The van der Waals surface area contributed by atoms with Crippen molar-refractivity contribution in [1.29, 1.82) is 0 Å². The minimum atomic E-state index is -1.11. The minimum absolute atomic E-state index is 0.0690. The molecule has 0 spiro atoms. The first kappa shape index (κ1) is 21.5. The van der Waals surface area contributed by atoms with Crippen molar-refractivity contribution in [2.45, 2.75) is 52.2 Å². The summed E-state index contributed by atoms with van der Waals surface area (Å²) in [6.07, 6.45) is 1.74. The molecular formula is C19H29N3O4. The summed E-state index contributed by atoms with van der Waals surface area (Å²) in [5.74, 6) is -2.05. The fraction of sp³-hybridized carbons (Fsp3) is 0.474. The van der Waals surface area contributed by atoms with E-state index in [1.165, 1.54) is 6.20 Å². The first-order valence-corrected chi connectivity index (χ1v) is 8.64. The van der Waals surface area contributed by atoms with Gasteiger partial charge in [-0.2, -0.15) is 0 Å². The average molecular weight is 363 g/mol. The van der Waals surface area contributed by atoms with Crippen molar-refractivity contribution in [2.75, 3.05) is 0 Å². The first-order valence-electron chi connectivity index (χ1n) is 8.64. The summed E-state index contributed by atoms with van der Waals surface area (Å²) in [7, 11) is 0. The molecule has 6 N–H and O–H groups in total. The molecule has 7 heteroatoms. The van der Waals surface area contributed by atoms with Crippen molar-refractivity contribution >= 4 is 11.9 Å². The van der Waals surface area contributed by atoms with Crippen LogP contribution >= 0.6 is 0 Å². The second-order valence-corrected chi connectivity index (χ2v) is 6.82. The van der Waals surface area contributed by atoms with Crippen LogP contribution in [0.5, 0.6) is 0 Å². The fourth-order valence-electron chi connectivity index (χ4n) is 2.63. The van der Waals surface area contributed by atoms with Crippen LogP contribution in [0.3, 0.4) is 0 Å². The van der Waals surface area contributed by atoms with E-state index in [1.807, 2.05) is 45.0 Å². The van der Waals surface area contributed by atoms with Crippen LogP contribution in [0.2, 0.25) is 0 Å². The van der Waals surface area contributed by atoms with Crippen molar-refractivity contribution in [1.82, 2.24) is 10.6 Å². The van der Waals surface area contributed by atoms with E-state index in [-0.39, 0.29) is 12.3 Å². The molecule has 0 bridgehead atoms. The van der Waals surface area contributed by atoms with Crippen molar-refractivity contribution in [3.8, 4) is 0 Å². The Balaban J connectivity index is 2.73. The highest BCUT2D eigenvalue weighted by molar-refractivity contribution is 5.77. The van der Waals surface area contributed by atoms with E-state index in [0.717, 1.165) is 11.1 Å². The van der Waals surface area contributed by atoms with Crippen LogP contribution in [0.25, 0.3) is 0 Å². The second kappa shape index (κ2) is 10.5. The third-order valence-corrected chi connectivity index (χ3v) is 3.93. The Labute approximate surface area is 154 Å². The predicted octanol–water partition coefficient (Wildman–Crippen LogP) is 1.82. The molecule has 0 amide bonds. The zero-order valence-corrected chi connectivity index (χ0v) is 15.5. The molecule has 2 atom stereocenters. The normalized spacial score (nSPS) is 14.1. The van der Waals surface area contributed by atoms with Gasteiger partial charge in [0.25, 0.3) is 0 Å². The van der Waals surface area contributed by atoms with Crippen LogP contribution in [0.15, 0.2) is 36.2 Å². The molecule has 1 aromatic rings. The zero-order valence-electron chi connectivity index (χ0n) is 15.5. The summed E-state index contributed by atoms with van der Waals surface area (Å²) < 4.78 is 0. The third-order valence-electron chi connectivity index (χ3n) is 3.93. The number of aryl methyl sites for hydroxylation is 1. The highest BCUT2D eigenvalue weighted by Gasteiger charge is 2.27. The molecule has 0 aliphatic carbocycles. The molecule has 1 unspecified atom stereocenters. The van der Waals surface area contributed by atoms with Gasteiger partial charge in [-0.15, -0.1) is 0 Å². The minimum Gasteiger partial charge on any atom is -0.480 e. The Bertz CT molecular complexity index is 643. The Morgan fingerprint density at radius 2 is 1.85 bits per heavy atom. The Hall–Kier alpha value is -2.54. The maximum absolute atomic E-state index is 11.6. The Kier molecular flexibility index (Phi) is 8.64. The molecule has 0 fully saturated rings. The smallest absolute Gasteiger partial charge is 0.321 e. The summed E-state index contributed by atoms with van der Waals surface area (Å²) in [6, 6.07) is 5.96. The lowest BCUT2D eigenvalue weighted by Crippen LogP contribution is -2.48. The van der Waals surface area contributed by atoms with E-state index in [4.69, 9.17) is 5.73 Å². The van der Waals surface area contributed by atoms with Gasteiger partial charge in [-0.1, -0.05) is 43.7 Å². The molecule has 0 saturated heterocycles. The molecule has 0 aromatic heterocycles. The molecule has 0 saturated carbocycles. The second-order valence-electron chi connectivity index (χ2n) is 6.82. The van der Waals surface area contributed by atoms with Crippen molar-refractivity contribution in [3.63, 3.8) is 0 Å². The monoisotopic (exact) mass is 363 g/mol. The standard InChI is InChI=1S/C19H29N3O4/c1-12(2)7-16(18(23)24)22-17(19(25)26)9-15(10-20)21-11-14-6-4-5-13(3)8-14/h4-6,8,10,12,16-17,21-22H,7,9,11,20H2,1-3H3,(H,23,24)(H,25,26)/b15-10-/t16?,17-/m0/s1. The van der Waals surface area contributed by atoms with Gasteiger partial charge in [-0.05, 0) is 24.8 Å². The van der Waals surface area contributed by atoms with Gasteiger partial charge in [0, 0.05) is 24.9 Å². The van der Waals surface area contributed by atoms with Gasteiger partial charge < -0.3 is 21.3 Å². The molecule has 0 heterocycles. The molecule has 1 rings (SSSR count). The molecule has 0 radical (unpaired) electrons. The number of hydrogen-bond acceptors (Lipinski definition) is 5. The van der Waals surface area contributed by atoms with E-state index in [2.05, 4.69) is 10.6 Å². The number of aliphatic carboxylic acids is 2. The summed E-state index contributed by atoms with van der Waals surface area (Å²) >= 11 is 0. The average Bonchev–Trinajstić information content (AvgIpc) is 2.55. The van der Waals surface area contributed by atoms with Crippen molar-refractivity contribution in [3.05, 3.63) is 47.3 Å². The van der Waals surface area contributed by atoms with Crippen LogP contribution in [-0.2, 0) is 16.1 Å². The Morgan fingerprint density at radius 1 is 1.19 bits per heavy atom. The van der Waals surface area contributed by atoms with E-state index in [1.54, 1.807) is 0 Å². The summed E-state index contributed by atoms with van der Waals surface area (Å²) in [5.41, 5.74) is 8.35. The van der Waals surface area contributed by atoms with Crippen molar-refractivity contribution in [2.24, 2.45) is 11.7 Å². The number of carbonyl (C=O) groups is 2. The number of carboxylic acids is 2. The number of benzene rings is 1. The van der Waals surface area contributed by atoms with Gasteiger partial charge >= 0.3 is 11.9 Å². The van der Waals surface area contributed by atoms with Crippen LogP contribution < -0.4 is 16.4 Å². The van der Waals surface area contributed by atoms with Crippen LogP contribution in [-0.4, -0.2) is 34.2 Å². The highest BCUT2D eigenvalue weighted by atomic mass is 16.4. The van der Waals surface area contributed by atoms with Gasteiger partial charge in [0.2, 0.25) is 0 Å². The number of nitrogens with one attached hydrogen (secondary N) is 2. The van der Waals surface area contributed by atoms with Gasteiger partial charge in [-0.3, -0.25) is 14.9 Å². The molecule has 0 aliphatic rings. The van der Waals surface area contributed by atoms with Crippen LogP contribution in [0.1, 0.15) is 37.8 Å². The number of hydrogen-bond donors (Lipinski definition) is 5. The van der Waals surface area contributed by atoms with Gasteiger partial charge in [0.1, 0.15) is 12.1 Å². The van der Waals surface area contributed by atoms with E-state index in [0.29, 0.717) is 18.7 Å². The summed E-state index contributed by atoms with van der Waals surface area (Å²) in [4.78, 5) is 22.9. The first-order chi connectivity index (χ1) is 12.2. The number of nitrogens with two attached hydrogens (primary N) is 1. The predicted molar refractivity (Wildman–Crippen MR) is 100 cm³/mol. The van der Waals surface area contributed by atoms with Crippen molar-refractivity contribution < 1.29 is 19.8 Å². The van der Waals surface area contributed by atoms with Crippen LogP contribution in [0.4, 0.5) is 0 Å². The lowest BCUT2D eigenvalue weighted by molar-refractivity contribution is -0.142. The van der Waals surface area contributed by atoms with Crippen LogP contribution in [0, 0.1) is 12.8 Å². The lowest BCUT2D eigenvalue weighted by atomic mass is 10.0. The van der Waals surface area contributed by atoms with E-state index >= 15 is 0 Å². The summed E-state index contributed by atoms with van der Waals surface area (Å²) in [6.45, 7) is 6.28. The fourth-order valence-corrected chi connectivity index (χ4v) is 2.63. The molecule has 1 aromatic carbocycles. The zero-order chi connectivity index (χ0) is 19.7. The van der Waals surface area contributed by atoms with Gasteiger partial charge in [0.05, 0.1) is 0 Å². The highest BCUT2D eigenvalue weighted by Crippen LogP contribution is 2.11. The molecule has 0 aliphatic heterocycles. The molecule has 7 nitrogen and oxygen atoms in total. The maximum Gasteiger partial charge on any atom is 0.321 e. The lowest BCUT2D eigenvalue weighted by Gasteiger charge is -2.23. The number of rotatable bonds is 11. The van der Waals surface area contributed by atoms with Gasteiger partial charge in [-0.25, -0.2) is 0 Å². The third kappa shape index (κ3) is 7.57.